The smallest absolute Gasteiger partial charge is 0.378 e. The zero-order valence-corrected chi connectivity index (χ0v) is 63.5. The Kier molecular flexibility index (Phi) is 29.4. The van der Waals surface area contributed by atoms with Gasteiger partial charge in [-0.25, -0.2) is 0 Å². The molecule has 29 heteroatoms. The van der Waals surface area contributed by atoms with Crippen LogP contribution in [-0.2, 0) is 62.3 Å². The van der Waals surface area contributed by atoms with Crippen LogP contribution in [0.3, 0.4) is 0 Å². The van der Waals surface area contributed by atoms with Crippen molar-refractivity contribution in [3.8, 4) is 0 Å². The molecule has 0 aromatic rings. The standard InChI is InChI=1S/C74H118ClF3N12O13/c1-11-47(4)62-70(100)83(6)45-61(93)84(7)55-26-17-20-34-90(69(55)99)58(42-48-22-13-12-14-23-48)67(97)82(5)44-59(91)79-53(31-29-49-28-30-51(52(75)41-49)74(76,77)78)66(96)89-35-21-27-54(89)65(95)81-73(32-18-19-33-73)72(102)87(10)63(50-24-15-16-25-50)71(101)86(9)57(68(98)88-36-38-103-39-37-88)43-60(92)85(8)56(40-46(2)3)64(94)80-62/h46-58,62-63H,11-45H2,1-10H3,(H,79,91)(H,80,94)(H,81,95)/t47-,49?,51?,52?,53-,54-,55-,56-,57-,58-,62-,63-/m0/s1. The molecule has 12 atom stereocenters. The zero-order chi connectivity index (χ0) is 75.4. The lowest BCUT2D eigenvalue weighted by Gasteiger charge is -2.42. The third-order valence-corrected chi connectivity index (χ3v) is 24.6. The number of halogens is 4. The molecule has 103 heavy (non-hydrogen) atoms. The van der Waals surface area contributed by atoms with Crippen molar-refractivity contribution in [3.63, 3.8) is 0 Å². The second kappa shape index (κ2) is 36.8. The molecule has 4 aliphatic heterocycles. The first-order chi connectivity index (χ1) is 48.8. The molecule has 0 aromatic heterocycles. The van der Waals surface area contributed by atoms with E-state index in [1.165, 1.54) is 86.4 Å². The molecule has 2 bridgehead atoms. The predicted octanol–water partition coefficient (Wildman–Crippen LogP) is 5.86. The number of hydrogen-bond donors (Lipinski definition) is 3. The monoisotopic (exact) mass is 1470 g/mol. The summed E-state index contributed by atoms with van der Waals surface area (Å²) >= 11 is 6.43. The largest absolute Gasteiger partial charge is 0.393 e. The highest BCUT2D eigenvalue weighted by molar-refractivity contribution is 6.21. The number of likely N-dealkylation sites (N-methyl/N-ethyl adjacent to an activating group) is 6. The van der Waals surface area contributed by atoms with Crippen LogP contribution in [-0.4, -0.2) is 275 Å². The van der Waals surface area contributed by atoms with Crippen LogP contribution < -0.4 is 16.0 Å². The van der Waals surface area contributed by atoms with Gasteiger partial charge in [-0.15, -0.1) is 11.6 Å². The zero-order valence-electron chi connectivity index (χ0n) is 62.8. The van der Waals surface area contributed by atoms with Gasteiger partial charge in [0.2, 0.25) is 70.9 Å². The maximum Gasteiger partial charge on any atom is 0.393 e. The average Bonchev–Trinajstić information content (AvgIpc) is 1.73. The molecule has 0 aromatic carbocycles. The lowest BCUT2D eigenvalue weighted by molar-refractivity contribution is -0.182. The topological polar surface area (TPSA) is 279 Å². The summed E-state index contributed by atoms with van der Waals surface area (Å²) in [4.78, 5) is 194. The number of carbonyl (C=O) groups is 12. The van der Waals surface area contributed by atoms with Crippen LogP contribution in [0.15, 0.2) is 0 Å². The minimum Gasteiger partial charge on any atom is -0.378 e. The van der Waals surface area contributed by atoms with E-state index in [0.29, 0.717) is 51.4 Å². The van der Waals surface area contributed by atoms with Gasteiger partial charge in [-0.1, -0.05) is 91.9 Å². The van der Waals surface area contributed by atoms with Crippen LogP contribution in [0.1, 0.15) is 201 Å². The van der Waals surface area contributed by atoms with Crippen molar-refractivity contribution in [2.24, 2.45) is 35.5 Å². The SMILES string of the molecule is CC[C@H](C)[C@@H]1NC(=O)[C@H](CC(C)C)N(C)C(=O)C[C@@H](C(=O)N2CCOCC2)N(C)C(=O)[C@H](C2CCCC2)N(C)C(=O)C2(CCCC2)NC(=O)[C@@H]2CCCN2C(=O)[C@H](CCC2CCC(C(F)(F)F)C(Cl)C2)NC(=O)CN(C)C(=O)[C@H](CC2CCCCC2)N2CCCC[C@@H](C2=O)N(C)C(=O)CN(C)C1=O. The first-order valence-corrected chi connectivity index (χ1v) is 38.9. The Bertz CT molecular complexity index is 3010. The number of morpholine rings is 1. The Morgan fingerprint density at radius 2 is 1.21 bits per heavy atom. The minimum atomic E-state index is -4.51. The highest BCUT2D eigenvalue weighted by atomic mass is 35.5. The summed E-state index contributed by atoms with van der Waals surface area (Å²) in [6.07, 6.45) is 5.98. The number of alkyl halides is 4. The molecule has 8 aliphatic rings. The first-order valence-electron chi connectivity index (χ1n) is 38.4. The summed E-state index contributed by atoms with van der Waals surface area (Å²) in [5.41, 5.74) is -1.56. The maximum atomic E-state index is 15.7. The van der Waals surface area contributed by atoms with E-state index < -0.39 is 174 Å². The van der Waals surface area contributed by atoms with Gasteiger partial charge in [-0.3, -0.25) is 57.5 Å². The molecule has 4 aliphatic carbocycles. The summed E-state index contributed by atoms with van der Waals surface area (Å²) in [6, 6.07) is -9.64. The number of hydrogen-bond acceptors (Lipinski definition) is 13. The van der Waals surface area contributed by atoms with Gasteiger partial charge in [0.1, 0.15) is 53.9 Å². The molecule has 4 saturated carbocycles. The molecular formula is C74H118ClF3N12O13. The van der Waals surface area contributed by atoms with Gasteiger partial charge >= 0.3 is 6.18 Å². The van der Waals surface area contributed by atoms with E-state index in [1.54, 1.807) is 6.92 Å². The van der Waals surface area contributed by atoms with Crippen molar-refractivity contribution in [3.05, 3.63) is 0 Å². The summed E-state index contributed by atoms with van der Waals surface area (Å²) < 4.78 is 47.8. The van der Waals surface area contributed by atoms with E-state index >= 15 is 38.4 Å². The fourth-order valence-corrected chi connectivity index (χ4v) is 18.1. The summed E-state index contributed by atoms with van der Waals surface area (Å²) in [5, 5.41) is 7.69. The Morgan fingerprint density at radius 3 is 1.84 bits per heavy atom. The normalized spacial score (nSPS) is 30.8. The van der Waals surface area contributed by atoms with Crippen molar-refractivity contribution in [2.75, 3.05) is 94.8 Å². The lowest BCUT2D eigenvalue weighted by Crippen LogP contribution is -2.65. The van der Waals surface area contributed by atoms with Gasteiger partial charge in [-0.05, 0) is 132 Å². The summed E-state index contributed by atoms with van der Waals surface area (Å²) in [5.74, 6) is -10.4. The van der Waals surface area contributed by atoms with Crippen molar-refractivity contribution in [2.45, 2.75) is 266 Å². The molecule has 0 radical (unpaired) electrons. The molecule has 4 heterocycles. The molecule has 25 nitrogen and oxygen atoms in total. The molecule has 580 valence electrons. The first kappa shape index (κ1) is 82.3. The van der Waals surface area contributed by atoms with Gasteiger partial charge < -0.3 is 64.8 Å². The highest BCUT2D eigenvalue weighted by Crippen LogP contribution is 2.44. The van der Waals surface area contributed by atoms with Crippen LogP contribution >= 0.6 is 11.6 Å². The van der Waals surface area contributed by atoms with Crippen LogP contribution in [0.5, 0.6) is 0 Å². The van der Waals surface area contributed by atoms with Gasteiger partial charge in [0, 0.05) is 73.8 Å². The number of fused-ring (bicyclic) bond motifs is 3. The van der Waals surface area contributed by atoms with E-state index in [-0.39, 0.29) is 128 Å². The summed E-state index contributed by atoms with van der Waals surface area (Å²) in [7, 11) is 8.75. The second-order valence-electron chi connectivity index (χ2n) is 31.7. The predicted molar refractivity (Wildman–Crippen MR) is 379 cm³/mol. The lowest BCUT2D eigenvalue weighted by atomic mass is 9.78. The number of ether oxygens (including phenoxy) is 1. The van der Waals surface area contributed by atoms with Gasteiger partial charge in [0.05, 0.1) is 38.6 Å². The van der Waals surface area contributed by atoms with Gasteiger partial charge in [0.25, 0.3) is 0 Å². The van der Waals surface area contributed by atoms with Crippen LogP contribution in [0.25, 0.3) is 0 Å². The minimum absolute atomic E-state index is 0.00279. The Labute approximate surface area is 612 Å². The van der Waals surface area contributed by atoms with E-state index in [9.17, 15) is 32.3 Å². The number of carbonyl (C=O) groups excluding carboxylic acids is 12. The average molecular weight is 1480 g/mol. The number of amides is 12. The third-order valence-electron chi connectivity index (χ3n) is 24.1. The van der Waals surface area contributed by atoms with Crippen molar-refractivity contribution >= 4 is 82.5 Å². The maximum absolute atomic E-state index is 15.7. The number of nitrogens with one attached hydrogen (secondary N) is 3. The molecule has 3 N–H and O–H groups in total. The highest BCUT2D eigenvalue weighted by Gasteiger charge is 2.53. The quantitative estimate of drug-likeness (QED) is 0.205. The van der Waals surface area contributed by atoms with Crippen molar-refractivity contribution < 1.29 is 75.4 Å². The second-order valence-corrected chi connectivity index (χ2v) is 32.3. The molecule has 3 unspecified atom stereocenters. The molecule has 1 spiro atoms. The molecule has 12 amide bonds. The van der Waals surface area contributed by atoms with E-state index in [1.807, 2.05) is 20.8 Å². The molecule has 4 saturated heterocycles. The van der Waals surface area contributed by atoms with Crippen molar-refractivity contribution in [1.82, 2.24) is 60.0 Å². The fraction of sp³-hybridized carbons (Fsp3) is 0.838. The third kappa shape index (κ3) is 20.2. The number of rotatable bonds is 11. The molecule has 8 rings (SSSR count). The van der Waals surface area contributed by atoms with Crippen LogP contribution in [0.4, 0.5) is 13.2 Å². The van der Waals surface area contributed by atoms with E-state index in [4.69, 9.17) is 16.3 Å². The Morgan fingerprint density at radius 1 is 0.592 bits per heavy atom. The van der Waals surface area contributed by atoms with Gasteiger partial charge in [-0.2, -0.15) is 13.2 Å². The Hall–Kier alpha value is -6.32. The van der Waals surface area contributed by atoms with Crippen LogP contribution in [0.2, 0.25) is 0 Å². The van der Waals surface area contributed by atoms with Gasteiger partial charge in [0.15, 0.2) is 0 Å². The van der Waals surface area contributed by atoms with Crippen molar-refractivity contribution in [1.29, 1.82) is 0 Å². The summed E-state index contributed by atoms with van der Waals surface area (Å²) in [6.45, 7) is 7.25. The van der Waals surface area contributed by atoms with E-state index in [2.05, 4.69) is 16.0 Å². The molecular weight excluding hydrogens is 1360 g/mol. The molecule has 8 fully saturated rings. The fourth-order valence-electron chi connectivity index (χ4n) is 17.6. The number of nitrogens with zero attached hydrogens (tertiary/aromatic N) is 9. The van der Waals surface area contributed by atoms with E-state index in [0.717, 1.165) is 44.9 Å². The Balaban J connectivity index is 1.17. The van der Waals surface area contributed by atoms with Crippen LogP contribution in [0, 0.1) is 35.5 Å².